The summed E-state index contributed by atoms with van der Waals surface area (Å²) in [6.07, 6.45) is 1.93. The van der Waals surface area contributed by atoms with Crippen LogP contribution in [0.25, 0.3) is 0 Å². The van der Waals surface area contributed by atoms with Crippen molar-refractivity contribution < 1.29 is 0 Å². The van der Waals surface area contributed by atoms with Crippen LogP contribution in [0.1, 0.15) is 42.1 Å². The number of aromatic nitrogens is 4. The van der Waals surface area contributed by atoms with E-state index in [-0.39, 0.29) is 12.1 Å². The maximum absolute atomic E-state index is 6.02. The van der Waals surface area contributed by atoms with Gasteiger partial charge in [0.1, 0.15) is 0 Å². The lowest BCUT2D eigenvalue weighted by molar-refractivity contribution is 0.424. The molecule has 5 nitrogen and oxygen atoms in total. The Bertz CT molecular complexity index is 825. The van der Waals surface area contributed by atoms with Crippen LogP contribution in [-0.4, -0.2) is 20.2 Å². The zero-order valence-electron chi connectivity index (χ0n) is 13.4. The molecule has 1 aromatic heterocycles. The van der Waals surface area contributed by atoms with Gasteiger partial charge in [0, 0.05) is 5.02 Å². The molecule has 0 radical (unpaired) electrons. The fourth-order valence-electron chi connectivity index (χ4n) is 3.20. The standard InChI is InChI=1S/C18H18ClN5/c1-2-12-3-5-13(6-4-12)16-11-17(14-7-9-15(19)10-8-14)24-18(20-16)21-22-23-24/h3-10,16-17H,2,11H2,1H3,(H,20,21,23)/t16-,17+/m0/s1. The molecular formula is C18H18ClN5. The van der Waals surface area contributed by atoms with Gasteiger partial charge in [-0.3, -0.25) is 0 Å². The zero-order chi connectivity index (χ0) is 16.5. The smallest absolute Gasteiger partial charge is 0.243 e. The highest BCUT2D eigenvalue weighted by Gasteiger charge is 2.30. The highest BCUT2D eigenvalue weighted by atomic mass is 35.5. The first-order chi connectivity index (χ1) is 11.7. The van der Waals surface area contributed by atoms with E-state index in [2.05, 4.69) is 52.0 Å². The Morgan fingerprint density at radius 3 is 2.50 bits per heavy atom. The first kappa shape index (κ1) is 15.1. The maximum Gasteiger partial charge on any atom is 0.243 e. The molecule has 2 atom stereocenters. The van der Waals surface area contributed by atoms with E-state index in [0.29, 0.717) is 5.95 Å². The molecule has 0 saturated carbocycles. The molecule has 0 aliphatic carbocycles. The van der Waals surface area contributed by atoms with Crippen molar-refractivity contribution in [2.75, 3.05) is 5.32 Å². The minimum absolute atomic E-state index is 0.0874. The monoisotopic (exact) mass is 339 g/mol. The molecule has 1 aliphatic rings. The van der Waals surface area contributed by atoms with Crippen LogP contribution in [0, 0.1) is 0 Å². The Balaban J connectivity index is 1.68. The molecule has 1 N–H and O–H groups in total. The first-order valence-electron chi connectivity index (χ1n) is 8.13. The van der Waals surface area contributed by atoms with Gasteiger partial charge in [-0.1, -0.05) is 60.0 Å². The lowest BCUT2D eigenvalue weighted by Gasteiger charge is -2.31. The summed E-state index contributed by atoms with van der Waals surface area (Å²) < 4.78 is 1.85. The number of halogens is 1. The highest BCUT2D eigenvalue weighted by molar-refractivity contribution is 6.30. The van der Waals surface area contributed by atoms with Gasteiger partial charge in [-0.25, -0.2) is 4.68 Å². The van der Waals surface area contributed by atoms with Gasteiger partial charge in [0.05, 0.1) is 12.1 Å². The molecule has 1 aliphatic heterocycles. The van der Waals surface area contributed by atoms with Crippen LogP contribution in [0.15, 0.2) is 48.5 Å². The van der Waals surface area contributed by atoms with Crippen LogP contribution < -0.4 is 5.32 Å². The topological polar surface area (TPSA) is 55.6 Å². The van der Waals surface area contributed by atoms with E-state index >= 15 is 0 Å². The van der Waals surface area contributed by atoms with E-state index in [4.69, 9.17) is 11.6 Å². The molecule has 0 saturated heterocycles. The van der Waals surface area contributed by atoms with Gasteiger partial charge < -0.3 is 5.32 Å². The summed E-state index contributed by atoms with van der Waals surface area (Å²) in [4.78, 5) is 0. The average molecular weight is 340 g/mol. The minimum atomic E-state index is 0.0874. The Labute approximate surface area is 145 Å². The Hall–Kier alpha value is -2.40. The predicted molar refractivity (Wildman–Crippen MR) is 94.2 cm³/mol. The van der Waals surface area contributed by atoms with Crippen molar-refractivity contribution in [1.29, 1.82) is 0 Å². The lowest BCUT2D eigenvalue weighted by Crippen LogP contribution is -2.28. The van der Waals surface area contributed by atoms with Gasteiger partial charge in [0.15, 0.2) is 0 Å². The number of tetrazole rings is 1. The molecule has 2 aromatic carbocycles. The fourth-order valence-corrected chi connectivity index (χ4v) is 3.33. The van der Waals surface area contributed by atoms with Crippen LogP contribution in [0.4, 0.5) is 5.95 Å². The van der Waals surface area contributed by atoms with Crippen molar-refractivity contribution in [1.82, 2.24) is 20.2 Å². The van der Waals surface area contributed by atoms with Crippen molar-refractivity contribution in [3.05, 3.63) is 70.2 Å². The SMILES string of the molecule is CCc1ccc([C@@H]2C[C@H](c3ccc(Cl)cc3)n3nnnc3N2)cc1. The van der Waals surface area contributed by atoms with E-state index in [1.165, 1.54) is 11.1 Å². The molecule has 2 heterocycles. The van der Waals surface area contributed by atoms with Crippen LogP contribution in [0.3, 0.4) is 0 Å². The van der Waals surface area contributed by atoms with Crippen molar-refractivity contribution >= 4 is 17.5 Å². The number of hydrogen-bond donors (Lipinski definition) is 1. The van der Waals surface area contributed by atoms with Gasteiger partial charge in [-0.05, 0) is 52.1 Å². The van der Waals surface area contributed by atoms with Gasteiger partial charge in [-0.2, -0.15) is 0 Å². The summed E-state index contributed by atoms with van der Waals surface area (Å²) in [5, 5.41) is 16.3. The van der Waals surface area contributed by atoms with Crippen LogP contribution in [0.5, 0.6) is 0 Å². The quantitative estimate of drug-likeness (QED) is 0.782. The van der Waals surface area contributed by atoms with Crippen molar-refractivity contribution in [2.24, 2.45) is 0 Å². The Kier molecular flexibility index (Phi) is 3.94. The Morgan fingerprint density at radius 1 is 1.08 bits per heavy atom. The molecule has 0 fully saturated rings. The third kappa shape index (κ3) is 2.76. The number of benzene rings is 2. The summed E-state index contributed by atoms with van der Waals surface area (Å²) in [6.45, 7) is 2.17. The van der Waals surface area contributed by atoms with Gasteiger partial charge in [-0.15, -0.1) is 0 Å². The summed E-state index contributed by atoms with van der Waals surface area (Å²) in [5.74, 6) is 0.700. The number of fused-ring (bicyclic) bond motifs is 1. The van der Waals surface area contributed by atoms with Gasteiger partial charge in [0.25, 0.3) is 0 Å². The number of nitrogens with one attached hydrogen (secondary N) is 1. The molecule has 0 unspecified atom stereocenters. The minimum Gasteiger partial charge on any atom is -0.346 e. The number of hydrogen-bond acceptors (Lipinski definition) is 4. The third-order valence-corrected chi connectivity index (χ3v) is 4.85. The second-order valence-corrected chi connectivity index (χ2v) is 6.48. The number of nitrogens with zero attached hydrogens (tertiary/aromatic N) is 4. The number of aryl methyl sites for hydroxylation is 1. The maximum atomic E-state index is 6.02. The van der Waals surface area contributed by atoms with E-state index in [0.717, 1.165) is 23.4 Å². The molecule has 24 heavy (non-hydrogen) atoms. The van der Waals surface area contributed by atoms with Crippen LogP contribution in [0.2, 0.25) is 5.02 Å². The predicted octanol–water partition coefficient (Wildman–Crippen LogP) is 4.04. The first-order valence-corrected chi connectivity index (χ1v) is 8.51. The van der Waals surface area contributed by atoms with E-state index in [1.807, 2.05) is 28.9 Å². The summed E-state index contributed by atoms with van der Waals surface area (Å²) in [7, 11) is 0. The van der Waals surface area contributed by atoms with Crippen molar-refractivity contribution in [2.45, 2.75) is 31.8 Å². The summed E-state index contributed by atoms with van der Waals surface area (Å²) >= 11 is 6.02. The number of anilines is 1. The number of rotatable bonds is 3. The zero-order valence-corrected chi connectivity index (χ0v) is 14.1. The Morgan fingerprint density at radius 2 is 1.79 bits per heavy atom. The second kappa shape index (κ2) is 6.24. The fraction of sp³-hybridized carbons (Fsp3) is 0.278. The molecule has 0 bridgehead atoms. The second-order valence-electron chi connectivity index (χ2n) is 6.04. The normalized spacial score (nSPS) is 19.6. The van der Waals surface area contributed by atoms with Crippen LogP contribution >= 0.6 is 11.6 Å². The van der Waals surface area contributed by atoms with Crippen molar-refractivity contribution in [3.63, 3.8) is 0 Å². The lowest BCUT2D eigenvalue weighted by atomic mass is 9.93. The third-order valence-electron chi connectivity index (χ3n) is 4.60. The highest BCUT2D eigenvalue weighted by Crippen LogP contribution is 2.37. The molecule has 0 spiro atoms. The molecule has 6 heteroatoms. The van der Waals surface area contributed by atoms with E-state index < -0.39 is 0 Å². The van der Waals surface area contributed by atoms with Crippen LogP contribution in [-0.2, 0) is 6.42 Å². The molecule has 4 rings (SSSR count). The molecule has 3 aromatic rings. The molecular weight excluding hydrogens is 322 g/mol. The van der Waals surface area contributed by atoms with Gasteiger partial charge >= 0.3 is 0 Å². The molecule has 0 amide bonds. The largest absolute Gasteiger partial charge is 0.346 e. The van der Waals surface area contributed by atoms with Gasteiger partial charge in [0.2, 0.25) is 5.95 Å². The van der Waals surface area contributed by atoms with Crippen molar-refractivity contribution in [3.8, 4) is 0 Å². The van der Waals surface area contributed by atoms with E-state index in [1.54, 1.807) is 0 Å². The average Bonchev–Trinajstić information content (AvgIpc) is 3.10. The van der Waals surface area contributed by atoms with E-state index in [9.17, 15) is 0 Å². The summed E-state index contributed by atoms with van der Waals surface area (Å²) in [6, 6.07) is 16.9. The molecule has 122 valence electrons. The summed E-state index contributed by atoms with van der Waals surface area (Å²) in [5.41, 5.74) is 3.75.